The molecule has 0 aliphatic rings. The highest BCUT2D eigenvalue weighted by molar-refractivity contribution is 6.06. The van der Waals surface area contributed by atoms with Gasteiger partial charge in [-0.1, -0.05) is 37.3 Å². The van der Waals surface area contributed by atoms with Gasteiger partial charge in [-0.2, -0.15) is 0 Å². The number of fused-ring (bicyclic) bond motifs is 4. The van der Waals surface area contributed by atoms with Gasteiger partial charge in [0, 0.05) is 24.9 Å². The zero-order chi connectivity index (χ0) is 17.2. The molecule has 0 fully saturated rings. The van der Waals surface area contributed by atoms with Crippen LogP contribution in [0.25, 0.3) is 33.1 Å². The maximum Gasteiger partial charge on any atom is 0.221 e. The molecule has 0 radical (unpaired) electrons. The fourth-order valence-electron chi connectivity index (χ4n) is 3.18. The molecule has 1 amide bonds. The molecule has 5 heteroatoms. The average molecular weight is 332 g/mol. The van der Waals surface area contributed by atoms with Crippen molar-refractivity contribution in [3.63, 3.8) is 0 Å². The van der Waals surface area contributed by atoms with Crippen molar-refractivity contribution < 1.29 is 4.79 Å². The number of rotatable bonds is 5. The third-order valence-corrected chi connectivity index (χ3v) is 4.39. The lowest BCUT2D eigenvalue weighted by molar-refractivity contribution is -0.121. The topological polar surface area (TPSA) is 59.8 Å². The lowest BCUT2D eigenvalue weighted by Gasteiger charge is -2.07. The second-order valence-electron chi connectivity index (χ2n) is 6.15. The van der Waals surface area contributed by atoms with Crippen LogP contribution in [0.15, 0.2) is 48.5 Å². The molecule has 2 heterocycles. The molecule has 0 saturated heterocycles. The van der Waals surface area contributed by atoms with E-state index < -0.39 is 0 Å². The molecular formula is C20H20N4O. The summed E-state index contributed by atoms with van der Waals surface area (Å²) in [5, 5.41) is 4.01. The van der Waals surface area contributed by atoms with Gasteiger partial charge in [-0.05, 0) is 24.6 Å². The predicted molar refractivity (Wildman–Crippen MR) is 100 cm³/mol. The highest BCUT2D eigenvalue weighted by atomic mass is 16.1. The maximum absolute atomic E-state index is 12.0. The fraction of sp³-hybridized carbons (Fsp3) is 0.250. The minimum atomic E-state index is 0.0709. The van der Waals surface area contributed by atoms with Crippen molar-refractivity contribution in [1.82, 2.24) is 19.9 Å². The van der Waals surface area contributed by atoms with Gasteiger partial charge in [0.05, 0.1) is 16.6 Å². The first-order chi connectivity index (χ1) is 12.3. The van der Waals surface area contributed by atoms with Crippen molar-refractivity contribution in [3.05, 3.63) is 48.5 Å². The summed E-state index contributed by atoms with van der Waals surface area (Å²) in [5.41, 5.74) is 4.55. The Hall–Kier alpha value is -2.95. The monoisotopic (exact) mass is 332 g/mol. The van der Waals surface area contributed by atoms with Crippen LogP contribution in [-0.4, -0.2) is 27.0 Å². The van der Waals surface area contributed by atoms with Gasteiger partial charge in [-0.3, -0.25) is 4.79 Å². The van der Waals surface area contributed by atoms with E-state index in [1.807, 2.05) is 43.3 Å². The third kappa shape index (κ3) is 2.82. The second-order valence-corrected chi connectivity index (χ2v) is 6.15. The number of hydrogen-bond donors (Lipinski definition) is 1. The molecule has 0 saturated carbocycles. The standard InChI is InChI=1S/C20H20N4O/c1-2-12-21-18(25)11-13-24-17-10-6-3-7-14(17)19-20(24)23-16-9-5-4-8-15(16)22-19/h3-10H,2,11-13H2,1H3,(H,21,25). The molecule has 0 unspecified atom stereocenters. The van der Waals surface area contributed by atoms with E-state index in [1.54, 1.807) is 0 Å². The van der Waals surface area contributed by atoms with Gasteiger partial charge in [-0.25, -0.2) is 9.97 Å². The molecule has 4 rings (SSSR count). The van der Waals surface area contributed by atoms with Gasteiger partial charge in [0.2, 0.25) is 5.91 Å². The summed E-state index contributed by atoms with van der Waals surface area (Å²) in [4.78, 5) is 21.7. The summed E-state index contributed by atoms with van der Waals surface area (Å²) in [6, 6.07) is 16.0. The van der Waals surface area contributed by atoms with Crippen LogP contribution in [-0.2, 0) is 11.3 Å². The molecule has 2 aromatic carbocycles. The highest BCUT2D eigenvalue weighted by Gasteiger charge is 2.14. The number of nitrogens with zero attached hydrogens (tertiary/aromatic N) is 3. The van der Waals surface area contributed by atoms with E-state index in [9.17, 15) is 4.79 Å². The molecule has 5 nitrogen and oxygen atoms in total. The van der Waals surface area contributed by atoms with Gasteiger partial charge in [0.1, 0.15) is 5.52 Å². The SMILES string of the molecule is CCCNC(=O)CCn1c2ccccc2c2nc3ccccc3nc21. The first kappa shape index (κ1) is 15.6. The molecule has 0 aliphatic carbocycles. The van der Waals surface area contributed by atoms with Gasteiger partial charge in [0.15, 0.2) is 5.65 Å². The van der Waals surface area contributed by atoms with Crippen molar-refractivity contribution in [2.75, 3.05) is 6.54 Å². The van der Waals surface area contributed by atoms with Crippen molar-refractivity contribution in [2.45, 2.75) is 26.3 Å². The van der Waals surface area contributed by atoms with E-state index in [4.69, 9.17) is 9.97 Å². The zero-order valence-electron chi connectivity index (χ0n) is 14.2. The van der Waals surface area contributed by atoms with Crippen LogP contribution in [0.5, 0.6) is 0 Å². The summed E-state index contributed by atoms with van der Waals surface area (Å²) < 4.78 is 2.11. The Balaban J connectivity index is 1.83. The van der Waals surface area contributed by atoms with E-state index in [1.165, 1.54) is 0 Å². The Morgan fingerprint density at radius 1 is 1.04 bits per heavy atom. The van der Waals surface area contributed by atoms with Crippen molar-refractivity contribution in [3.8, 4) is 0 Å². The minimum absolute atomic E-state index is 0.0709. The van der Waals surface area contributed by atoms with Crippen LogP contribution < -0.4 is 5.32 Å². The largest absolute Gasteiger partial charge is 0.356 e. The number of hydrogen-bond acceptors (Lipinski definition) is 3. The van der Waals surface area contributed by atoms with E-state index >= 15 is 0 Å². The Labute approximate surface area is 145 Å². The molecule has 25 heavy (non-hydrogen) atoms. The Bertz CT molecular complexity index is 1070. The summed E-state index contributed by atoms with van der Waals surface area (Å²) in [6.07, 6.45) is 1.38. The van der Waals surface area contributed by atoms with Gasteiger partial charge in [-0.15, -0.1) is 0 Å². The summed E-state index contributed by atoms with van der Waals surface area (Å²) in [5.74, 6) is 0.0709. The fourth-order valence-corrected chi connectivity index (χ4v) is 3.18. The van der Waals surface area contributed by atoms with Gasteiger partial charge < -0.3 is 9.88 Å². The highest BCUT2D eigenvalue weighted by Crippen LogP contribution is 2.28. The number of carbonyl (C=O) groups is 1. The van der Waals surface area contributed by atoms with Gasteiger partial charge in [0.25, 0.3) is 0 Å². The quantitative estimate of drug-likeness (QED) is 0.607. The zero-order valence-corrected chi connectivity index (χ0v) is 14.2. The van der Waals surface area contributed by atoms with E-state index in [2.05, 4.69) is 22.0 Å². The maximum atomic E-state index is 12.0. The first-order valence-electron chi connectivity index (χ1n) is 8.68. The summed E-state index contributed by atoms with van der Waals surface area (Å²) >= 11 is 0. The normalized spacial score (nSPS) is 11.4. The van der Waals surface area contributed by atoms with E-state index in [-0.39, 0.29) is 5.91 Å². The molecule has 0 aliphatic heterocycles. The number of carbonyl (C=O) groups excluding carboxylic acids is 1. The summed E-state index contributed by atoms with van der Waals surface area (Å²) in [7, 11) is 0. The predicted octanol–water partition coefficient (Wildman–Crippen LogP) is 3.65. The lowest BCUT2D eigenvalue weighted by atomic mass is 10.2. The number of aryl methyl sites for hydroxylation is 1. The van der Waals surface area contributed by atoms with E-state index in [0.29, 0.717) is 13.0 Å². The van der Waals surface area contributed by atoms with Crippen molar-refractivity contribution in [1.29, 1.82) is 0 Å². The lowest BCUT2D eigenvalue weighted by Crippen LogP contribution is -2.25. The molecule has 2 aromatic heterocycles. The minimum Gasteiger partial charge on any atom is -0.356 e. The molecule has 1 N–H and O–H groups in total. The Morgan fingerprint density at radius 2 is 1.76 bits per heavy atom. The van der Waals surface area contributed by atoms with Crippen LogP contribution in [0.3, 0.4) is 0 Å². The Morgan fingerprint density at radius 3 is 2.56 bits per heavy atom. The number of nitrogens with one attached hydrogen (secondary N) is 1. The number of para-hydroxylation sites is 3. The average Bonchev–Trinajstić information content (AvgIpc) is 2.96. The number of aromatic nitrogens is 3. The van der Waals surface area contributed by atoms with Crippen LogP contribution in [0, 0.1) is 0 Å². The third-order valence-electron chi connectivity index (χ3n) is 4.39. The summed E-state index contributed by atoms with van der Waals surface area (Å²) in [6.45, 7) is 3.36. The van der Waals surface area contributed by atoms with Crippen LogP contribution in [0.4, 0.5) is 0 Å². The van der Waals surface area contributed by atoms with Crippen LogP contribution >= 0.6 is 0 Å². The van der Waals surface area contributed by atoms with E-state index in [0.717, 1.165) is 46.1 Å². The first-order valence-corrected chi connectivity index (χ1v) is 8.68. The van der Waals surface area contributed by atoms with Gasteiger partial charge >= 0.3 is 0 Å². The number of amides is 1. The molecule has 4 aromatic rings. The smallest absolute Gasteiger partial charge is 0.221 e. The second kappa shape index (κ2) is 6.51. The molecule has 0 atom stereocenters. The van der Waals surface area contributed by atoms with Crippen LogP contribution in [0.2, 0.25) is 0 Å². The molecule has 126 valence electrons. The van der Waals surface area contributed by atoms with Crippen molar-refractivity contribution >= 4 is 39.0 Å². The molecule has 0 bridgehead atoms. The van der Waals surface area contributed by atoms with Crippen LogP contribution in [0.1, 0.15) is 19.8 Å². The van der Waals surface area contributed by atoms with Crippen molar-refractivity contribution in [2.24, 2.45) is 0 Å². The Kier molecular flexibility index (Phi) is 4.06. The molecular weight excluding hydrogens is 312 g/mol. The molecule has 0 spiro atoms. The number of benzene rings is 2.